The van der Waals surface area contributed by atoms with Gasteiger partial charge in [0.1, 0.15) is 0 Å². The molecule has 0 amide bonds. The van der Waals surface area contributed by atoms with Crippen LogP contribution in [0.4, 0.5) is 0 Å². The molecule has 2 aliphatic rings. The van der Waals surface area contributed by atoms with Crippen molar-refractivity contribution in [2.45, 2.75) is 70.0 Å². The first-order chi connectivity index (χ1) is 9.20. The van der Waals surface area contributed by atoms with E-state index in [-0.39, 0.29) is 0 Å². The SMILES string of the molecule is CCCNC1CC2CCCC(C1)N2CCCN(C)C. The topological polar surface area (TPSA) is 18.5 Å². The first-order valence-electron chi connectivity index (χ1n) is 8.34. The molecule has 0 aromatic rings. The molecular formula is C16H33N3. The zero-order valence-corrected chi connectivity index (χ0v) is 13.2. The van der Waals surface area contributed by atoms with Crippen molar-refractivity contribution >= 4 is 0 Å². The largest absolute Gasteiger partial charge is 0.314 e. The van der Waals surface area contributed by atoms with E-state index in [1.54, 1.807) is 0 Å². The Morgan fingerprint density at radius 3 is 2.42 bits per heavy atom. The van der Waals surface area contributed by atoms with E-state index in [0.717, 1.165) is 18.1 Å². The van der Waals surface area contributed by atoms with E-state index in [1.165, 1.54) is 64.6 Å². The van der Waals surface area contributed by atoms with Crippen molar-refractivity contribution in [3.05, 3.63) is 0 Å². The number of rotatable bonds is 7. The van der Waals surface area contributed by atoms with Crippen molar-refractivity contribution in [3.63, 3.8) is 0 Å². The van der Waals surface area contributed by atoms with Crippen LogP contribution in [0.5, 0.6) is 0 Å². The average molecular weight is 267 g/mol. The highest BCUT2D eigenvalue weighted by Crippen LogP contribution is 2.34. The van der Waals surface area contributed by atoms with Crippen molar-refractivity contribution in [2.75, 3.05) is 33.7 Å². The van der Waals surface area contributed by atoms with Crippen molar-refractivity contribution in [1.82, 2.24) is 15.1 Å². The maximum atomic E-state index is 3.76. The third kappa shape index (κ3) is 4.44. The van der Waals surface area contributed by atoms with Gasteiger partial charge >= 0.3 is 0 Å². The molecule has 112 valence electrons. The van der Waals surface area contributed by atoms with Crippen LogP contribution in [0.1, 0.15) is 51.9 Å². The van der Waals surface area contributed by atoms with Gasteiger partial charge < -0.3 is 10.2 Å². The molecule has 0 aliphatic carbocycles. The molecule has 0 spiro atoms. The Kier molecular flexibility index (Phi) is 6.11. The summed E-state index contributed by atoms with van der Waals surface area (Å²) in [5.74, 6) is 0. The van der Waals surface area contributed by atoms with Crippen molar-refractivity contribution in [3.8, 4) is 0 Å². The molecule has 2 fully saturated rings. The van der Waals surface area contributed by atoms with Crippen molar-refractivity contribution in [1.29, 1.82) is 0 Å². The van der Waals surface area contributed by atoms with Gasteiger partial charge in [0.25, 0.3) is 0 Å². The van der Waals surface area contributed by atoms with E-state index in [9.17, 15) is 0 Å². The van der Waals surface area contributed by atoms with E-state index in [4.69, 9.17) is 0 Å². The second-order valence-electron chi connectivity index (χ2n) is 6.76. The van der Waals surface area contributed by atoms with Crippen LogP contribution in [0.25, 0.3) is 0 Å². The quantitative estimate of drug-likeness (QED) is 0.764. The molecule has 2 bridgehead atoms. The van der Waals surface area contributed by atoms with Crippen LogP contribution in [0.3, 0.4) is 0 Å². The number of fused-ring (bicyclic) bond motifs is 2. The maximum absolute atomic E-state index is 3.76. The lowest BCUT2D eigenvalue weighted by Crippen LogP contribution is -2.56. The molecule has 0 aromatic carbocycles. The van der Waals surface area contributed by atoms with Gasteiger partial charge in [0.2, 0.25) is 0 Å². The van der Waals surface area contributed by atoms with Crippen LogP contribution < -0.4 is 5.32 Å². The summed E-state index contributed by atoms with van der Waals surface area (Å²) in [6.07, 6.45) is 9.69. The van der Waals surface area contributed by atoms with Crippen LogP contribution in [-0.2, 0) is 0 Å². The molecule has 0 aromatic heterocycles. The molecule has 2 aliphatic heterocycles. The summed E-state index contributed by atoms with van der Waals surface area (Å²) in [4.78, 5) is 5.16. The van der Waals surface area contributed by atoms with Crippen LogP contribution in [0.2, 0.25) is 0 Å². The van der Waals surface area contributed by atoms with Crippen LogP contribution in [-0.4, -0.2) is 61.7 Å². The molecule has 3 heteroatoms. The molecule has 1 N–H and O–H groups in total. The molecule has 2 rings (SSSR count). The fourth-order valence-electron chi connectivity index (χ4n) is 3.93. The number of hydrogen-bond acceptors (Lipinski definition) is 3. The van der Waals surface area contributed by atoms with Crippen LogP contribution >= 0.6 is 0 Å². The summed E-state index contributed by atoms with van der Waals surface area (Å²) < 4.78 is 0. The predicted molar refractivity (Wildman–Crippen MR) is 82.6 cm³/mol. The molecule has 19 heavy (non-hydrogen) atoms. The monoisotopic (exact) mass is 267 g/mol. The summed E-state index contributed by atoms with van der Waals surface area (Å²) in [5, 5.41) is 3.76. The molecule has 2 unspecified atom stereocenters. The fourth-order valence-corrected chi connectivity index (χ4v) is 3.93. The van der Waals surface area contributed by atoms with Crippen molar-refractivity contribution < 1.29 is 0 Å². The van der Waals surface area contributed by atoms with E-state index in [0.29, 0.717) is 0 Å². The van der Waals surface area contributed by atoms with Gasteiger partial charge in [0.15, 0.2) is 0 Å². The number of nitrogens with zero attached hydrogens (tertiary/aromatic N) is 2. The van der Waals surface area contributed by atoms with Gasteiger partial charge in [-0.2, -0.15) is 0 Å². The highest BCUT2D eigenvalue weighted by molar-refractivity contribution is 4.94. The van der Waals surface area contributed by atoms with E-state index in [1.807, 2.05) is 0 Å². The minimum atomic E-state index is 0.792. The third-order valence-electron chi connectivity index (χ3n) is 4.83. The lowest BCUT2D eigenvalue weighted by molar-refractivity contribution is 0.0226. The minimum absolute atomic E-state index is 0.792. The highest BCUT2D eigenvalue weighted by Gasteiger charge is 2.37. The Bertz CT molecular complexity index is 240. The molecular weight excluding hydrogens is 234 g/mol. The smallest absolute Gasteiger partial charge is 0.0113 e. The molecule has 2 saturated heterocycles. The average Bonchev–Trinajstić information content (AvgIpc) is 2.36. The molecule has 0 radical (unpaired) electrons. The fraction of sp³-hybridized carbons (Fsp3) is 1.00. The van der Waals surface area contributed by atoms with Gasteiger partial charge in [-0.15, -0.1) is 0 Å². The number of nitrogens with one attached hydrogen (secondary N) is 1. The van der Waals surface area contributed by atoms with Gasteiger partial charge in [-0.25, -0.2) is 0 Å². The lowest BCUT2D eigenvalue weighted by Gasteiger charge is -2.49. The van der Waals surface area contributed by atoms with Crippen molar-refractivity contribution in [2.24, 2.45) is 0 Å². The Hall–Kier alpha value is -0.120. The Labute approximate surface area is 119 Å². The zero-order valence-electron chi connectivity index (χ0n) is 13.2. The molecule has 0 saturated carbocycles. The first kappa shape index (κ1) is 15.3. The molecule has 2 heterocycles. The summed E-state index contributed by atoms with van der Waals surface area (Å²) in [7, 11) is 4.36. The van der Waals surface area contributed by atoms with Gasteiger partial charge in [0, 0.05) is 18.1 Å². The second-order valence-corrected chi connectivity index (χ2v) is 6.76. The first-order valence-corrected chi connectivity index (χ1v) is 8.34. The van der Waals surface area contributed by atoms with Crippen LogP contribution in [0.15, 0.2) is 0 Å². The second kappa shape index (κ2) is 7.61. The normalized spacial score (nSPS) is 31.9. The minimum Gasteiger partial charge on any atom is -0.314 e. The van der Waals surface area contributed by atoms with E-state index >= 15 is 0 Å². The zero-order chi connectivity index (χ0) is 13.7. The van der Waals surface area contributed by atoms with E-state index < -0.39 is 0 Å². The van der Waals surface area contributed by atoms with Crippen LogP contribution in [0, 0.1) is 0 Å². The summed E-state index contributed by atoms with van der Waals surface area (Å²) in [5.41, 5.74) is 0. The number of hydrogen-bond donors (Lipinski definition) is 1. The third-order valence-corrected chi connectivity index (χ3v) is 4.83. The summed E-state index contributed by atoms with van der Waals surface area (Å²) in [6.45, 7) is 6.01. The van der Waals surface area contributed by atoms with Gasteiger partial charge in [-0.3, -0.25) is 4.90 Å². The summed E-state index contributed by atoms with van der Waals surface area (Å²) >= 11 is 0. The van der Waals surface area contributed by atoms with Gasteiger partial charge in [0.05, 0.1) is 0 Å². The molecule has 3 nitrogen and oxygen atoms in total. The van der Waals surface area contributed by atoms with E-state index in [2.05, 4.69) is 36.1 Å². The maximum Gasteiger partial charge on any atom is 0.0113 e. The Balaban J connectivity index is 1.81. The Morgan fingerprint density at radius 2 is 1.84 bits per heavy atom. The predicted octanol–water partition coefficient (Wildman–Crippen LogP) is 2.32. The summed E-state index contributed by atoms with van der Waals surface area (Å²) in [6, 6.07) is 2.52. The number of piperidine rings is 2. The van der Waals surface area contributed by atoms with Gasteiger partial charge in [-0.05, 0) is 72.3 Å². The molecule has 2 atom stereocenters. The standard InChI is InChI=1S/C16H33N3/c1-4-9-17-14-12-15-7-5-8-16(13-14)19(15)11-6-10-18(2)3/h14-17H,4-13H2,1-3H3. The highest BCUT2D eigenvalue weighted by atomic mass is 15.2. The van der Waals surface area contributed by atoms with Gasteiger partial charge in [-0.1, -0.05) is 13.3 Å². The lowest BCUT2D eigenvalue weighted by atomic mass is 9.81. The Morgan fingerprint density at radius 1 is 1.16 bits per heavy atom.